The number of ether oxygens (including phenoxy) is 2. The summed E-state index contributed by atoms with van der Waals surface area (Å²) in [7, 11) is 1.36. The first kappa shape index (κ1) is 21.9. The van der Waals surface area contributed by atoms with Crippen LogP contribution in [0, 0.1) is 6.92 Å². The van der Waals surface area contributed by atoms with Crippen LogP contribution in [0.3, 0.4) is 0 Å². The molecule has 0 bridgehead atoms. The van der Waals surface area contributed by atoms with Crippen LogP contribution in [-0.2, 0) is 9.47 Å². The van der Waals surface area contributed by atoms with E-state index in [4.69, 9.17) is 9.47 Å². The van der Waals surface area contributed by atoms with E-state index < -0.39 is 30.7 Å². The van der Waals surface area contributed by atoms with Gasteiger partial charge < -0.3 is 35.4 Å². The van der Waals surface area contributed by atoms with Gasteiger partial charge >= 0.3 is 0 Å². The fraction of sp³-hybridized carbons (Fsp3) is 0.579. The number of rotatable bonds is 6. The van der Waals surface area contributed by atoms with Crippen molar-refractivity contribution in [3.05, 3.63) is 23.8 Å². The predicted molar refractivity (Wildman–Crippen MR) is 112 cm³/mol. The van der Waals surface area contributed by atoms with Crippen molar-refractivity contribution in [2.24, 2.45) is 4.99 Å². The van der Waals surface area contributed by atoms with Crippen molar-refractivity contribution < 1.29 is 24.8 Å². The normalized spacial score (nSPS) is 27.9. The Morgan fingerprint density at radius 1 is 1.28 bits per heavy atom. The van der Waals surface area contributed by atoms with Crippen LogP contribution in [0.4, 0.5) is 5.13 Å². The van der Waals surface area contributed by atoms with Crippen LogP contribution in [0.15, 0.2) is 23.2 Å². The van der Waals surface area contributed by atoms with E-state index in [0.29, 0.717) is 17.6 Å². The summed E-state index contributed by atoms with van der Waals surface area (Å²) in [6.07, 6.45) is -4.92. The molecule has 5 atom stereocenters. The minimum atomic E-state index is -1.37. The Balaban J connectivity index is 1.73. The molecule has 1 aliphatic heterocycles. The Hall–Kier alpha value is -1.82. The molecule has 0 aliphatic carbocycles. The summed E-state index contributed by atoms with van der Waals surface area (Å²) in [6.45, 7) is 4.84. The molecule has 9 nitrogen and oxygen atoms in total. The highest BCUT2D eigenvalue weighted by atomic mass is 32.1. The highest BCUT2D eigenvalue weighted by Gasteiger charge is 2.43. The molecule has 2 aromatic rings. The van der Waals surface area contributed by atoms with E-state index in [9.17, 15) is 15.3 Å². The van der Waals surface area contributed by atoms with Gasteiger partial charge in [0, 0.05) is 13.7 Å². The van der Waals surface area contributed by atoms with Crippen molar-refractivity contribution >= 4 is 32.6 Å². The third kappa shape index (κ3) is 5.21. The molecule has 29 heavy (non-hydrogen) atoms. The number of methoxy groups -OCH3 is 1. The van der Waals surface area contributed by atoms with Gasteiger partial charge in [0.1, 0.15) is 24.4 Å². The fourth-order valence-electron chi connectivity index (χ4n) is 3.01. The van der Waals surface area contributed by atoms with Gasteiger partial charge in [-0.1, -0.05) is 24.3 Å². The predicted octanol–water partition coefficient (Wildman–Crippen LogP) is 0.826. The average molecular weight is 425 g/mol. The Kier molecular flexibility index (Phi) is 7.38. The van der Waals surface area contributed by atoms with E-state index in [-0.39, 0.29) is 6.54 Å². The second kappa shape index (κ2) is 9.79. The zero-order valence-electron chi connectivity index (χ0n) is 16.7. The second-order valence-corrected chi connectivity index (χ2v) is 8.01. The SMILES string of the molecule is CCCNC(=NC[C@H]1O[C@H](OC)[C@H](O)[C@@H](O)[C@@H]1O)Nc1nc2ccc(C)cc2s1. The van der Waals surface area contributed by atoms with Gasteiger partial charge in [-0.05, 0) is 31.0 Å². The zero-order valence-corrected chi connectivity index (χ0v) is 17.5. The lowest BCUT2D eigenvalue weighted by Crippen LogP contribution is -2.58. The van der Waals surface area contributed by atoms with Crippen molar-refractivity contribution in [3.63, 3.8) is 0 Å². The molecule has 1 aliphatic rings. The van der Waals surface area contributed by atoms with E-state index in [1.165, 1.54) is 24.0 Å². The number of guanidine groups is 1. The molecule has 10 heteroatoms. The molecule has 1 fully saturated rings. The first-order valence-electron chi connectivity index (χ1n) is 9.58. The van der Waals surface area contributed by atoms with Gasteiger partial charge in [-0.3, -0.25) is 4.99 Å². The first-order valence-corrected chi connectivity index (χ1v) is 10.4. The molecule has 0 spiro atoms. The van der Waals surface area contributed by atoms with Crippen molar-refractivity contribution in [2.45, 2.75) is 51.0 Å². The number of aliphatic hydroxyl groups excluding tert-OH is 3. The van der Waals surface area contributed by atoms with Gasteiger partial charge in [-0.2, -0.15) is 0 Å². The number of fused-ring (bicyclic) bond motifs is 1. The number of hydrogen-bond acceptors (Lipinski definition) is 8. The number of anilines is 1. The summed E-state index contributed by atoms with van der Waals surface area (Å²) >= 11 is 1.52. The van der Waals surface area contributed by atoms with Crippen LogP contribution >= 0.6 is 11.3 Å². The van der Waals surface area contributed by atoms with Gasteiger partial charge in [0.05, 0.1) is 16.8 Å². The van der Waals surface area contributed by atoms with Gasteiger partial charge in [-0.15, -0.1) is 0 Å². The number of nitrogens with one attached hydrogen (secondary N) is 2. The third-order valence-electron chi connectivity index (χ3n) is 4.64. The molecule has 5 N–H and O–H groups in total. The number of aliphatic hydroxyl groups is 3. The van der Waals surface area contributed by atoms with Crippen LogP contribution in [0.25, 0.3) is 10.2 Å². The maximum Gasteiger partial charge on any atom is 0.197 e. The van der Waals surface area contributed by atoms with Crippen molar-refractivity contribution in [2.75, 3.05) is 25.5 Å². The van der Waals surface area contributed by atoms with Crippen molar-refractivity contribution in [1.29, 1.82) is 0 Å². The minimum absolute atomic E-state index is 0.0634. The number of benzene rings is 1. The largest absolute Gasteiger partial charge is 0.388 e. The molecule has 1 aromatic heterocycles. The number of aliphatic imine (C=N–C) groups is 1. The standard InChI is InChI=1S/C19H28N4O5S/c1-4-7-20-18(23-19-22-11-6-5-10(2)8-13(11)29-19)21-9-12-14(24)15(25)16(26)17(27-3)28-12/h5-6,8,12,14-17,24-26H,4,7,9H2,1-3H3,(H2,20,21,22,23)/t12-,14-,15+,16-,17+/m1/s1. The summed E-state index contributed by atoms with van der Waals surface area (Å²) in [6, 6.07) is 6.08. The molecule has 2 heterocycles. The maximum atomic E-state index is 10.2. The minimum Gasteiger partial charge on any atom is -0.388 e. The molecule has 3 rings (SSSR count). The van der Waals surface area contributed by atoms with Crippen molar-refractivity contribution in [3.8, 4) is 0 Å². The van der Waals surface area contributed by atoms with E-state index in [2.05, 4.69) is 26.7 Å². The molecular formula is C19H28N4O5S. The molecular weight excluding hydrogens is 396 g/mol. The monoisotopic (exact) mass is 424 g/mol. The van der Waals surface area contributed by atoms with E-state index in [1.807, 2.05) is 26.0 Å². The lowest BCUT2D eigenvalue weighted by molar-refractivity contribution is -0.287. The highest BCUT2D eigenvalue weighted by Crippen LogP contribution is 2.27. The zero-order chi connectivity index (χ0) is 21.0. The molecule has 1 saturated heterocycles. The summed E-state index contributed by atoms with van der Waals surface area (Å²) < 4.78 is 11.6. The Morgan fingerprint density at radius 2 is 2.07 bits per heavy atom. The lowest BCUT2D eigenvalue weighted by Gasteiger charge is -2.39. The molecule has 160 valence electrons. The quantitative estimate of drug-likeness (QED) is 0.341. The summed E-state index contributed by atoms with van der Waals surface area (Å²) in [4.78, 5) is 9.05. The topological polar surface area (TPSA) is 128 Å². The van der Waals surface area contributed by atoms with Crippen LogP contribution < -0.4 is 10.6 Å². The molecule has 0 amide bonds. The number of thiazole rings is 1. The molecule has 0 unspecified atom stereocenters. The van der Waals surface area contributed by atoms with E-state index in [0.717, 1.165) is 16.6 Å². The third-order valence-corrected chi connectivity index (χ3v) is 5.58. The van der Waals surface area contributed by atoms with Crippen LogP contribution in [-0.4, -0.2) is 77.2 Å². The van der Waals surface area contributed by atoms with E-state index >= 15 is 0 Å². The summed E-state index contributed by atoms with van der Waals surface area (Å²) in [5.41, 5.74) is 2.08. The van der Waals surface area contributed by atoms with Crippen LogP contribution in [0.5, 0.6) is 0 Å². The Bertz CT molecular complexity index is 843. The number of aromatic nitrogens is 1. The first-order chi connectivity index (χ1) is 13.9. The van der Waals surface area contributed by atoms with Gasteiger partial charge in [0.15, 0.2) is 17.4 Å². The van der Waals surface area contributed by atoms with Crippen LogP contribution in [0.1, 0.15) is 18.9 Å². The summed E-state index contributed by atoms with van der Waals surface area (Å²) in [5.74, 6) is 0.494. The molecule has 1 aromatic carbocycles. The number of hydrogen-bond donors (Lipinski definition) is 5. The van der Waals surface area contributed by atoms with Crippen molar-refractivity contribution in [1.82, 2.24) is 10.3 Å². The van der Waals surface area contributed by atoms with Gasteiger partial charge in [0.2, 0.25) is 0 Å². The maximum absolute atomic E-state index is 10.2. The lowest BCUT2D eigenvalue weighted by atomic mass is 9.99. The average Bonchev–Trinajstić information content (AvgIpc) is 3.10. The summed E-state index contributed by atoms with van der Waals surface area (Å²) in [5, 5.41) is 37.2. The highest BCUT2D eigenvalue weighted by molar-refractivity contribution is 7.22. The Morgan fingerprint density at radius 3 is 2.79 bits per heavy atom. The van der Waals surface area contributed by atoms with Gasteiger partial charge in [-0.25, -0.2) is 4.98 Å². The fourth-order valence-corrected chi connectivity index (χ4v) is 3.98. The van der Waals surface area contributed by atoms with Gasteiger partial charge in [0.25, 0.3) is 0 Å². The van der Waals surface area contributed by atoms with E-state index in [1.54, 1.807) is 0 Å². The molecule has 0 radical (unpaired) electrons. The van der Waals surface area contributed by atoms with Crippen LogP contribution in [0.2, 0.25) is 0 Å². The second-order valence-electron chi connectivity index (χ2n) is 6.98. The Labute approximate surface area is 173 Å². The molecule has 0 saturated carbocycles. The smallest absolute Gasteiger partial charge is 0.197 e. The number of nitrogens with zero attached hydrogens (tertiary/aromatic N) is 2. The number of aryl methyl sites for hydroxylation is 1.